The number of nitrogens with zero attached hydrogens (tertiary/aromatic N) is 3. The zero-order valence-corrected chi connectivity index (χ0v) is 20.7. The number of methoxy groups -OCH3 is 1. The Morgan fingerprint density at radius 2 is 1.82 bits per heavy atom. The van der Waals surface area contributed by atoms with Crippen LogP contribution in [0, 0.1) is 0 Å². The molecule has 0 N–H and O–H groups in total. The van der Waals surface area contributed by atoms with Gasteiger partial charge >= 0.3 is 0 Å². The largest absolute Gasteiger partial charge is 0.497 e. The molecule has 34 heavy (non-hydrogen) atoms. The fraction of sp³-hybridized carbons (Fsp3) is 0.208. The highest BCUT2D eigenvalue weighted by Crippen LogP contribution is 2.32. The molecule has 4 aromatic rings. The molecule has 0 atom stereocenters. The van der Waals surface area contributed by atoms with E-state index in [4.69, 9.17) is 16.3 Å². The van der Waals surface area contributed by atoms with Crippen LogP contribution in [0.4, 0.5) is 5.13 Å². The van der Waals surface area contributed by atoms with Crippen molar-refractivity contribution in [2.45, 2.75) is 24.3 Å². The maximum atomic E-state index is 13.3. The van der Waals surface area contributed by atoms with E-state index in [1.54, 1.807) is 24.4 Å². The summed E-state index contributed by atoms with van der Waals surface area (Å²) in [5.74, 6) is 0.346. The molecule has 7 nitrogen and oxygen atoms in total. The zero-order valence-electron chi connectivity index (χ0n) is 18.3. The third-order valence-corrected chi connectivity index (χ3v) is 8.31. The van der Waals surface area contributed by atoms with Crippen LogP contribution < -0.4 is 9.64 Å². The summed E-state index contributed by atoms with van der Waals surface area (Å²) < 4.78 is 31.5. The van der Waals surface area contributed by atoms with Crippen molar-refractivity contribution in [3.8, 4) is 5.75 Å². The fourth-order valence-corrected chi connectivity index (χ4v) is 5.78. The van der Waals surface area contributed by atoms with Crippen molar-refractivity contribution < 1.29 is 17.9 Å². The first-order chi connectivity index (χ1) is 16.4. The van der Waals surface area contributed by atoms with Crippen LogP contribution in [-0.2, 0) is 21.2 Å². The molecule has 2 heterocycles. The van der Waals surface area contributed by atoms with Crippen LogP contribution in [0.2, 0.25) is 5.02 Å². The molecule has 10 heteroatoms. The third kappa shape index (κ3) is 5.72. The van der Waals surface area contributed by atoms with Gasteiger partial charge in [-0.05, 0) is 60.5 Å². The van der Waals surface area contributed by atoms with Crippen LogP contribution in [0.3, 0.4) is 0 Å². The van der Waals surface area contributed by atoms with Crippen LogP contribution in [0.25, 0.3) is 10.2 Å². The lowest BCUT2D eigenvalue weighted by Gasteiger charge is -2.20. The third-order valence-electron chi connectivity index (χ3n) is 5.18. The van der Waals surface area contributed by atoms with Gasteiger partial charge in [-0.1, -0.05) is 22.9 Å². The number of benzene rings is 2. The van der Waals surface area contributed by atoms with Gasteiger partial charge in [0, 0.05) is 29.9 Å². The Hall–Kier alpha value is -3.01. The number of ether oxygens (including phenoxy) is 1. The summed E-state index contributed by atoms with van der Waals surface area (Å²) in [5.41, 5.74) is 1.63. The normalized spacial score (nSPS) is 11.5. The summed E-state index contributed by atoms with van der Waals surface area (Å²) in [4.78, 5) is 23.7. The monoisotopic (exact) mass is 515 g/mol. The molecule has 0 saturated carbocycles. The van der Waals surface area contributed by atoms with E-state index in [0.29, 0.717) is 22.4 Å². The highest BCUT2D eigenvalue weighted by Gasteiger charge is 2.22. The highest BCUT2D eigenvalue weighted by atomic mass is 35.5. The second kappa shape index (κ2) is 10.5. The average molecular weight is 516 g/mol. The first-order valence-corrected chi connectivity index (χ1v) is 13.3. The second-order valence-corrected chi connectivity index (χ2v) is 11.1. The predicted octanol–water partition coefficient (Wildman–Crippen LogP) is 5.14. The van der Waals surface area contributed by atoms with Crippen molar-refractivity contribution in [1.82, 2.24) is 9.97 Å². The van der Waals surface area contributed by atoms with Crippen molar-refractivity contribution in [2.75, 3.05) is 17.8 Å². The van der Waals surface area contributed by atoms with Crippen LogP contribution in [0.15, 0.2) is 71.9 Å². The Morgan fingerprint density at radius 3 is 2.53 bits per heavy atom. The number of amides is 1. The van der Waals surface area contributed by atoms with Gasteiger partial charge in [-0.3, -0.25) is 14.7 Å². The van der Waals surface area contributed by atoms with Crippen molar-refractivity contribution in [1.29, 1.82) is 0 Å². The number of carbonyl (C=O) groups is 1. The van der Waals surface area contributed by atoms with Gasteiger partial charge in [0.1, 0.15) is 5.75 Å². The molecule has 4 rings (SSSR count). The summed E-state index contributed by atoms with van der Waals surface area (Å²) in [5, 5.41) is 1.01. The lowest BCUT2D eigenvalue weighted by molar-refractivity contribution is -0.118. The molecule has 2 aromatic carbocycles. The molecule has 0 bridgehead atoms. The number of sulfone groups is 1. The SMILES string of the molecule is COc1ccc2sc(N(Cc3ccncc3)C(=O)CCCS(=O)(=O)c3ccc(Cl)cc3)nc2c1. The summed E-state index contributed by atoms with van der Waals surface area (Å²) in [6.07, 6.45) is 3.59. The first-order valence-electron chi connectivity index (χ1n) is 10.5. The maximum absolute atomic E-state index is 13.3. The number of carbonyl (C=O) groups excluding carboxylic acids is 1. The number of hydrogen-bond acceptors (Lipinski definition) is 7. The number of rotatable bonds is 9. The minimum atomic E-state index is -3.51. The van der Waals surface area contributed by atoms with E-state index in [9.17, 15) is 13.2 Å². The first kappa shape index (κ1) is 24.1. The van der Waals surface area contributed by atoms with Gasteiger partial charge in [-0.15, -0.1) is 0 Å². The van der Waals surface area contributed by atoms with Crippen molar-refractivity contribution in [2.24, 2.45) is 0 Å². The van der Waals surface area contributed by atoms with E-state index in [-0.39, 0.29) is 29.4 Å². The molecule has 1 amide bonds. The molecular formula is C24H22ClN3O4S2. The van der Waals surface area contributed by atoms with Crippen molar-refractivity contribution in [3.05, 3.63) is 77.6 Å². The van der Waals surface area contributed by atoms with Gasteiger partial charge in [0.15, 0.2) is 15.0 Å². The number of thiazole rings is 1. The van der Waals surface area contributed by atoms with Crippen LogP contribution in [0.1, 0.15) is 18.4 Å². The number of hydrogen-bond donors (Lipinski definition) is 0. The summed E-state index contributed by atoms with van der Waals surface area (Å²) in [6, 6.07) is 15.3. The minimum absolute atomic E-state index is 0.0666. The summed E-state index contributed by atoms with van der Waals surface area (Å²) in [6.45, 7) is 0.308. The Kier molecular flexibility index (Phi) is 7.45. The summed E-state index contributed by atoms with van der Waals surface area (Å²) >= 11 is 7.25. The summed E-state index contributed by atoms with van der Waals surface area (Å²) in [7, 11) is -1.93. The second-order valence-electron chi connectivity index (χ2n) is 7.54. The standard InChI is InChI=1S/C24H22ClN3O4S2/c1-32-19-6-9-22-21(15-19)27-24(33-22)28(16-17-10-12-26-13-11-17)23(29)3-2-14-34(30,31)20-7-4-18(25)5-8-20/h4-13,15H,2-3,14,16H2,1H3. The van der Waals surface area contributed by atoms with E-state index in [0.717, 1.165) is 15.8 Å². The quantitative estimate of drug-likeness (QED) is 0.306. The van der Waals surface area contributed by atoms with Crippen LogP contribution >= 0.6 is 22.9 Å². The average Bonchev–Trinajstić information content (AvgIpc) is 3.26. The molecule has 0 unspecified atom stereocenters. The van der Waals surface area contributed by atoms with Gasteiger partial charge < -0.3 is 4.74 Å². The Bertz CT molecular complexity index is 1390. The van der Waals surface area contributed by atoms with E-state index in [2.05, 4.69) is 9.97 Å². The molecule has 0 radical (unpaired) electrons. The number of pyridine rings is 1. The molecule has 0 aliphatic rings. The number of halogens is 1. The lowest BCUT2D eigenvalue weighted by atomic mass is 10.2. The van der Waals surface area contributed by atoms with Crippen molar-refractivity contribution >= 4 is 54.0 Å². The fourth-order valence-electron chi connectivity index (χ4n) is 3.38. The molecule has 0 spiro atoms. The van der Waals surface area contributed by atoms with E-state index in [1.807, 2.05) is 30.3 Å². The Labute approximate surface area is 206 Å². The smallest absolute Gasteiger partial charge is 0.229 e. The highest BCUT2D eigenvalue weighted by molar-refractivity contribution is 7.91. The number of aromatic nitrogens is 2. The van der Waals surface area contributed by atoms with Gasteiger partial charge in [-0.2, -0.15) is 0 Å². The molecule has 0 aliphatic carbocycles. The van der Waals surface area contributed by atoms with Gasteiger partial charge in [0.2, 0.25) is 5.91 Å². The molecule has 0 fully saturated rings. The topological polar surface area (TPSA) is 89.5 Å². The van der Waals surface area contributed by atoms with Crippen LogP contribution in [-0.4, -0.2) is 37.2 Å². The predicted molar refractivity (Wildman–Crippen MR) is 134 cm³/mol. The van der Waals surface area contributed by atoms with Gasteiger partial charge in [0.05, 0.1) is 34.5 Å². The number of fused-ring (bicyclic) bond motifs is 1. The molecule has 0 aliphatic heterocycles. The Morgan fingerprint density at radius 1 is 1.09 bits per heavy atom. The molecule has 2 aromatic heterocycles. The van der Waals surface area contributed by atoms with Gasteiger partial charge in [0.25, 0.3) is 0 Å². The molecular weight excluding hydrogens is 494 g/mol. The maximum Gasteiger partial charge on any atom is 0.229 e. The van der Waals surface area contributed by atoms with Gasteiger partial charge in [-0.25, -0.2) is 13.4 Å². The van der Waals surface area contributed by atoms with Crippen molar-refractivity contribution in [3.63, 3.8) is 0 Å². The van der Waals surface area contributed by atoms with E-state index < -0.39 is 9.84 Å². The molecule has 176 valence electrons. The zero-order chi connectivity index (χ0) is 24.1. The van der Waals surface area contributed by atoms with E-state index >= 15 is 0 Å². The molecule has 0 saturated heterocycles. The van der Waals surface area contributed by atoms with Crippen LogP contribution in [0.5, 0.6) is 5.75 Å². The number of anilines is 1. The lowest BCUT2D eigenvalue weighted by Crippen LogP contribution is -2.30. The minimum Gasteiger partial charge on any atom is -0.497 e. The van der Waals surface area contributed by atoms with E-state index in [1.165, 1.54) is 35.6 Å². The Balaban J connectivity index is 1.53.